The average Bonchev–Trinajstić information content (AvgIpc) is 2.41. The molecule has 0 aliphatic carbocycles. The normalized spacial score (nSPS) is 10.7. The quantitative estimate of drug-likeness (QED) is 0.827. The van der Waals surface area contributed by atoms with E-state index in [0.717, 1.165) is 29.8 Å². The molecule has 0 unspecified atom stereocenters. The summed E-state index contributed by atoms with van der Waals surface area (Å²) in [6, 6.07) is 9.27. The summed E-state index contributed by atoms with van der Waals surface area (Å²) in [4.78, 5) is 4.15. The van der Waals surface area contributed by atoms with E-state index in [1.807, 2.05) is 31.2 Å². The minimum atomic E-state index is -0.157. The van der Waals surface area contributed by atoms with Gasteiger partial charge < -0.3 is 5.32 Å². The van der Waals surface area contributed by atoms with Crippen molar-refractivity contribution in [3.8, 4) is 11.1 Å². The van der Waals surface area contributed by atoms with Crippen LogP contribution >= 0.6 is 0 Å². The Kier molecular flexibility index (Phi) is 4.63. The van der Waals surface area contributed by atoms with Gasteiger partial charge in [0.05, 0.1) is 0 Å². The molecule has 1 N–H and O–H groups in total. The van der Waals surface area contributed by atoms with Crippen molar-refractivity contribution in [2.24, 2.45) is 0 Å². The first kappa shape index (κ1) is 13.7. The Bertz CT molecular complexity index is 552. The van der Waals surface area contributed by atoms with Crippen LogP contribution in [0.15, 0.2) is 36.5 Å². The van der Waals surface area contributed by atoms with Crippen molar-refractivity contribution in [1.29, 1.82) is 0 Å². The van der Waals surface area contributed by atoms with Gasteiger partial charge in [-0.15, -0.1) is 0 Å². The van der Waals surface area contributed by atoms with Crippen LogP contribution in [0.5, 0.6) is 0 Å². The number of hydrogen-bond donors (Lipinski definition) is 1. The second-order valence-corrected chi connectivity index (χ2v) is 4.67. The highest BCUT2D eigenvalue weighted by Crippen LogP contribution is 2.22. The van der Waals surface area contributed by atoms with Crippen molar-refractivity contribution >= 4 is 0 Å². The van der Waals surface area contributed by atoms with Gasteiger partial charge in [-0.1, -0.05) is 19.1 Å². The van der Waals surface area contributed by atoms with E-state index in [1.54, 1.807) is 12.3 Å². The molecule has 0 aliphatic rings. The third-order valence-electron chi connectivity index (χ3n) is 3.03. The molecule has 2 nitrogen and oxygen atoms in total. The van der Waals surface area contributed by atoms with Gasteiger partial charge in [0.25, 0.3) is 0 Å². The van der Waals surface area contributed by atoms with E-state index in [-0.39, 0.29) is 5.82 Å². The summed E-state index contributed by atoms with van der Waals surface area (Å²) in [7, 11) is 0. The van der Waals surface area contributed by atoms with Crippen molar-refractivity contribution in [2.45, 2.75) is 26.8 Å². The minimum absolute atomic E-state index is 0.157. The first-order valence-electron chi connectivity index (χ1n) is 6.63. The number of nitrogens with one attached hydrogen (secondary N) is 1. The molecule has 2 aromatic rings. The lowest BCUT2D eigenvalue weighted by Crippen LogP contribution is -2.14. The Labute approximate surface area is 113 Å². The highest BCUT2D eigenvalue weighted by Gasteiger charge is 2.05. The molecule has 1 aromatic carbocycles. The zero-order chi connectivity index (χ0) is 13.7. The van der Waals surface area contributed by atoms with E-state index in [4.69, 9.17) is 0 Å². The number of aryl methyl sites for hydroxylation is 1. The monoisotopic (exact) mass is 258 g/mol. The summed E-state index contributed by atoms with van der Waals surface area (Å²) in [6.45, 7) is 5.52. The summed E-state index contributed by atoms with van der Waals surface area (Å²) in [6.07, 6.45) is 2.80. The lowest BCUT2D eigenvalue weighted by molar-refractivity contribution is 0.587. The number of rotatable bonds is 5. The summed E-state index contributed by atoms with van der Waals surface area (Å²) >= 11 is 0. The van der Waals surface area contributed by atoms with Crippen LogP contribution < -0.4 is 5.32 Å². The molecule has 100 valence electrons. The Morgan fingerprint density at radius 2 is 1.95 bits per heavy atom. The molecule has 0 saturated heterocycles. The van der Waals surface area contributed by atoms with Crippen LogP contribution in [0.2, 0.25) is 0 Å². The van der Waals surface area contributed by atoms with E-state index in [0.29, 0.717) is 12.1 Å². The van der Waals surface area contributed by atoms with Crippen LogP contribution in [-0.2, 0) is 6.54 Å². The van der Waals surface area contributed by atoms with Gasteiger partial charge in [0, 0.05) is 24.0 Å². The first-order valence-corrected chi connectivity index (χ1v) is 6.63. The molecular formula is C16H19FN2. The van der Waals surface area contributed by atoms with Crippen molar-refractivity contribution in [3.63, 3.8) is 0 Å². The maximum Gasteiger partial charge on any atom is 0.128 e. The zero-order valence-electron chi connectivity index (χ0n) is 11.4. The molecule has 0 spiro atoms. The molecular weight excluding hydrogens is 239 g/mol. The van der Waals surface area contributed by atoms with Crippen LogP contribution in [0.4, 0.5) is 4.39 Å². The van der Waals surface area contributed by atoms with Crippen LogP contribution in [-0.4, -0.2) is 11.5 Å². The van der Waals surface area contributed by atoms with Crippen molar-refractivity contribution < 1.29 is 4.39 Å². The van der Waals surface area contributed by atoms with Gasteiger partial charge in [-0.05, 0) is 49.2 Å². The number of pyridine rings is 1. The third kappa shape index (κ3) is 3.61. The first-order chi connectivity index (χ1) is 9.20. The molecule has 19 heavy (non-hydrogen) atoms. The Hall–Kier alpha value is -1.74. The SMILES string of the molecule is CCCNCc1ccc(-c2ccnc(C)c2)cc1F. The molecule has 0 bridgehead atoms. The number of nitrogens with zero attached hydrogens (tertiary/aromatic N) is 1. The van der Waals surface area contributed by atoms with Gasteiger partial charge in [0.15, 0.2) is 0 Å². The fourth-order valence-corrected chi connectivity index (χ4v) is 2.00. The molecule has 1 heterocycles. The number of benzene rings is 1. The number of aromatic nitrogens is 1. The van der Waals surface area contributed by atoms with Crippen LogP contribution in [0, 0.1) is 12.7 Å². The van der Waals surface area contributed by atoms with E-state index in [1.165, 1.54) is 0 Å². The lowest BCUT2D eigenvalue weighted by atomic mass is 10.0. The summed E-state index contributed by atoms with van der Waals surface area (Å²) in [5, 5.41) is 3.21. The van der Waals surface area contributed by atoms with Gasteiger partial charge in [0.2, 0.25) is 0 Å². The summed E-state index contributed by atoms with van der Waals surface area (Å²) in [5.74, 6) is -0.157. The molecule has 0 aliphatic heterocycles. The maximum atomic E-state index is 14.0. The maximum absolute atomic E-state index is 14.0. The molecule has 0 amide bonds. The van der Waals surface area contributed by atoms with Gasteiger partial charge in [-0.3, -0.25) is 4.98 Å². The van der Waals surface area contributed by atoms with Crippen LogP contribution in [0.1, 0.15) is 24.6 Å². The molecule has 0 atom stereocenters. The van der Waals surface area contributed by atoms with E-state index >= 15 is 0 Å². The van der Waals surface area contributed by atoms with Gasteiger partial charge >= 0.3 is 0 Å². The highest BCUT2D eigenvalue weighted by molar-refractivity contribution is 5.63. The smallest absolute Gasteiger partial charge is 0.128 e. The Morgan fingerprint density at radius 1 is 1.16 bits per heavy atom. The summed E-state index contributed by atoms with van der Waals surface area (Å²) < 4.78 is 14.0. The van der Waals surface area contributed by atoms with Crippen LogP contribution in [0.25, 0.3) is 11.1 Å². The van der Waals surface area contributed by atoms with Crippen LogP contribution in [0.3, 0.4) is 0 Å². The molecule has 0 saturated carbocycles. The third-order valence-corrected chi connectivity index (χ3v) is 3.03. The second-order valence-electron chi connectivity index (χ2n) is 4.67. The predicted molar refractivity (Wildman–Crippen MR) is 76.4 cm³/mol. The highest BCUT2D eigenvalue weighted by atomic mass is 19.1. The van der Waals surface area contributed by atoms with Crippen molar-refractivity contribution in [3.05, 3.63) is 53.6 Å². The molecule has 1 aromatic heterocycles. The topological polar surface area (TPSA) is 24.9 Å². The van der Waals surface area contributed by atoms with Gasteiger partial charge in [0.1, 0.15) is 5.82 Å². The molecule has 0 radical (unpaired) electrons. The Balaban J connectivity index is 2.19. The number of halogens is 1. The van der Waals surface area contributed by atoms with Crippen molar-refractivity contribution in [2.75, 3.05) is 6.54 Å². The summed E-state index contributed by atoms with van der Waals surface area (Å²) in [5.41, 5.74) is 3.54. The molecule has 3 heteroatoms. The average molecular weight is 258 g/mol. The van der Waals surface area contributed by atoms with E-state index in [9.17, 15) is 4.39 Å². The molecule has 2 rings (SSSR count). The standard InChI is InChI=1S/C16H19FN2/c1-3-7-18-11-15-5-4-13(10-16(15)17)14-6-8-19-12(2)9-14/h4-6,8-10,18H,3,7,11H2,1-2H3. The lowest BCUT2D eigenvalue weighted by Gasteiger charge is -2.08. The largest absolute Gasteiger partial charge is 0.313 e. The van der Waals surface area contributed by atoms with Gasteiger partial charge in [-0.25, -0.2) is 4.39 Å². The fourth-order valence-electron chi connectivity index (χ4n) is 2.00. The Morgan fingerprint density at radius 3 is 2.63 bits per heavy atom. The minimum Gasteiger partial charge on any atom is -0.313 e. The zero-order valence-corrected chi connectivity index (χ0v) is 11.4. The predicted octanol–water partition coefficient (Wildman–Crippen LogP) is 3.70. The number of hydrogen-bond acceptors (Lipinski definition) is 2. The van der Waals surface area contributed by atoms with E-state index < -0.39 is 0 Å². The second kappa shape index (κ2) is 6.43. The van der Waals surface area contributed by atoms with E-state index in [2.05, 4.69) is 17.2 Å². The van der Waals surface area contributed by atoms with Gasteiger partial charge in [-0.2, -0.15) is 0 Å². The van der Waals surface area contributed by atoms with Crippen molar-refractivity contribution in [1.82, 2.24) is 10.3 Å². The fraction of sp³-hybridized carbons (Fsp3) is 0.312. The molecule has 0 fully saturated rings.